The normalized spacial score (nSPS) is 9.18. The summed E-state index contributed by atoms with van der Waals surface area (Å²) >= 11 is 5.49. The Balaban J connectivity index is 2.79. The number of carbonyl (C=O) groups excluding carboxylic acids is 1. The lowest BCUT2D eigenvalue weighted by atomic mass is 10.6. The number of nitrogens with two attached hydrogens (primary N) is 1. The summed E-state index contributed by atoms with van der Waals surface area (Å²) < 4.78 is 0. The smallest absolute Gasteiger partial charge is 0.317 e. The summed E-state index contributed by atoms with van der Waals surface area (Å²) in [7, 11) is 0. The van der Waals surface area contributed by atoms with Crippen molar-refractivity contribution in [3.63, 3.8) is 0 Å². The Labute approximate surface area is 67.6 Å². The van der Waals surface area contributed by atoms with Crippen LogP contribution in [-0.4, -0.2) is 16.0 Å². The zero-order chi connectivity index (χ0) is 8.27. The van der Waals surface area contributed by atoms with Crippen molar-refractivity contribution in [2.45, 2.75) is 0 Å². The third kappa shape index (κ3) is 2.38. The molecule has 0 fully saturated rings. The fraction of sp³-hybridized carbons (Fsp3) is 0. The van der Waals surface area contributed by atoms with Crippen molar-refractivity contribution in [1.82, 2.24) is 9.97 Å². The number of anilines is 1. The molecule has 6 heteroatoms. The van der Waals surface area contributed by atoms with E-state index in [4.69, 9.17) is 17.3 Å². The molecule has 2 amide bonds. The van der Waals surface area contributed by atoms with E-state index in [1.165, 1.54) is 12.4 Å². The number of primary amides is 1. The first-order valence-electron chi connectivity index (χ1n) is 2.72. The van der Waals surface area contributed by atoms with E-state index < -0.39 is 6.03 Å². The summed E-state index contributed by atoms with van der Waals surface area (Å²) in [4.78, 5) is 17.6. The molecule has 1 aromatic rings. The van der Waals surface area contributed by atoms with Crippen LogP contribution in [-0.2, 0) is 0 Å². The Morgan fingerprint density at radius 1 is 1.64 bits per heavy atom. The Kier molecular flexibility index (Phi) is 2.22. The number of carbonyl (C=O) groups is 1. The molecule has 0 saturated carbocycles. The van der Waals surface area contributed by atoms with E-state index >= 15 is 0 Å². The minimum Gasteiger partial charge on any atom is -0.351 e. The van der Waals surface area contributed by atoms with Crippen LogP contribution in [0, 0.1) is 0 Å². The largest absolute Gasteiger partial charge is 0.351 e. The summed E-state index contributed by atoms with van der Waals surface area (Å²) in [6.45, 7) is 0. The molecule has 0 bridgehead atoms. The summed E-state index contributed by atoms with van der Waals surface area (Å²) in [5.41, 5.74) is 4.82. The molecular formula is C5H5ClN4O. The van der Waals surface area contributed by atoms with E-state index in [2.05, 4.69) is 15.3 Å². The Morgan fingerprint density at radius 2 is 2.36 bits per heavy atom. The molecule has 0 atom stereocenters. The number of urea groups is 1. The predicted molar refractivity (Wildman–Crippen MR) is 40.2 cm³/mol. The fourth-order valence-electron chi connectivity index (χ4n) is 0.528. The van der Waals surface area contributed by atoms with Crippen LogP contribution in [0.25, 0.3) is 0 Å². The standard InChI is InChI=1S/C5H5ClN4O/c6-3-1-4(9-2-8-3)10-5(7)11/h1-2H,(H3,7,8,9,10,11). The highest BCUT2D eigenvalue weighted by Gasteiger charge is 1.97. The van der Waals surface area contributed by atoms with Crippen molar-refractivity contribution in [3.05, 3.63) is 17.5 Å². The zero-order valence-electron chi connectivity index (χ0n) is 5.41. The van der Waals surface area contributed by atoms with Crippen LogP contribution in [0.5, 0.6) is 0 Å². The zero-order valence-corrected chi connectivity index (χ0v) is 6.17. The van der Waals surface area contributed by atoms with Gasteiger partial charge in [0.15, 0.2) is 0 Å². The van der Waals surface area contributed by atoms with Gasteiger partial charge in [-0.2, -0.15) is 0 Å². The van der Waals surface area contributed by atoms with E-state index in [1.807, 2.05) is 0 Å². The molecule has 58 valence electrons. The molecule has 0 aromatic carbocycles. The van der Waals surface area contributed by atoms with Crippen molar-refractivity contribution in [2.75, 3.05) is 5.32 Å². The molecule has 5 nitrogen and oxygen atoms in total. The fourth-order valence-corrected chi connectivity index (χ4v) is 0.675. The Bertz CT molecular complexity index is 277. The third-order valence-corrected chi connectivity index (χ3v) is 1.09. The van der Waals surface area contributed by atoms with Crippen LogP contribution in [0.3, 0.4) is 0 Å². The molecule has 1 heterocycles. The van der Waals surface area contributed by atoms with Gasteiger partial charge in [0.05, 0.1) is 0 Å². The highest BCUT2D eigenvalue weighted by molar-refractivity contribution is 6.29. The second kappa shape index (κ2) is 3.16. The van der Waals surface area contributed by atoms with Crippen molar-refractivity contribution < 1.29 is 4.79 Å². The lowest BCUT2D eigenvalue weighted by Crippen LogP contribution is -2.19. The van der Waals surface area contributed by atoms with Gasteiger partial charge in [0.2, 0.25) is 0 Å². The van der Waals surface area contributed by atoms with E-state index in [0.717, 1.165) is 0 Å². The van der Waals surface area contributed by atoms with E-state index in [0.29, 0.717) is 0 Å². The van der Waals surface area contributed by atoms with Gasteiger partial charge >= 0.3 is 6.03 Å². The average molecular weight is 173 g/mol. The van der Waals surface area contributed by atoms with Gasteiger partial charge in [0.1, 0.15) is 17.3 Å². The average Bonchev–Trinajstić information content (AvgIpc) is 1.85. The summed E-state index contributed by atoms with van der Waals surface area (Å²) in [6.07, 6.45) is 1.23. The summed E-state index contributed by atoms with van der Waals surface area (Å²) in [5, 5.41) is 2.50. The highest BCUT2D eigenvalue weighted by Crippen LogP contribution is 2.07. The molecule has 1 rings (SSSR count). The summed E-state index contributed by atoms with van der Waals surface area (Å²) in [6, 6.07) is 0.714. The number of amides is 2. The van der Waals surface area contributed by atoms with Crippen molar-refractivity contribution in [3.8, 4) is 0 Å². The van der Waals surface area contributed by atoms with Crippen LogP contribution in [0.4, 0.5) is 10.6 Å². The van der Waals surface area contributed by atoms with Crippen molar-refractivity contribution >= 4 is 23.4 Å². The number of hydrogen-bond acceptors (Lipinski definition) is 3. The summed E-state index contributed by atoms with van der Waals surface area (Å²) in [5.74, 6) is 0.289. The van der Waals surface area contributed by atoms with Gasteiger partial charge in [-0.3, -0.25) is 5.32 Å². The molecule has 0 saturated heterocycles. The van der Waals surface area contributed by atoms with Crippen molar-refractivity contribution in [2.24, 2.45) is 5.73 Å². The van der Waals surface area contributed by atoms with Crippen LogP contribution in [0.1, 0.15) is 0 Å². The van der Waals surface area contributed by atoms with Crippen molar-refractivity contribution in [1.29, 1.82) is 0 Å². The molecule has 0 aliphatic heterocycles. The lowest BCUT2D eigenvalue weighted by molar-refractivity contribution is 0.259. The number of halogens is 1. The Hall–Kier alpha value is -1.36. The van der Waals surface area contributed by atoms with Gasteiger partial charge in [-0.25, -0.2) is 14.8 Å². The quantitative estimate of drug-likeness (QED) is 0.610. The van der Waals surface area contributed by atoms with Gasteiger partial charge in [0.25, 0.3) is 0 Å². The minimum atomic E-state index is -0.681. The second-order valence-corrected chi connectivity index (χ2v) is 2.10. The van der Waals surface area contributed by atoms with Crippen LogP contribution in [0.15, 0.2) is 12.4 Å². The predicted octanol–water partition coefficient (Wildman–Crippen LogP) is 0.621. The molecule has 0 spiro atoms. The van der Waals surface area contributed by atoms with E-state index in [9.17, 15) is 4.79 Å². The van der Waals surface area contributed by atoms with Gasteiger partial charge in [-0.1, -0.05) is 11.6 Å². The SMILES string of the molecule is NC(=O)Nc1cc(Cl)ncn1. The molecule has 0 aliphatic rings. The molecule has 0 radical (unpaired) electrons. The molecule has 0 unspecified atom stereocenters. The first-order valence-corrected chi connectivity index (χ1v) is 3.10. The first-order chi connectivity index (χ1) is 5.18. The molecule has 0 aliphatic carbocycles. The highest BCUT2D eigenvalue weighted by atomic mass is 35.5. The molecule has 11 heavy (non-hydrogen) atoms. The Morgan fingerprint density at radius 3 is 2.91 bits per heavy atom. The molecule has 3 N–H and O–H groups in total. The van der Waals surface area contributed by atoms with E-state index in [1.54, 1.807) is 0 Å². The number of nitrogens with zero attached hydrogens (tertiary/aromatic N) is 2. The maximum absolute atomic E-state index is 10.3. The number of hydrogen-bond donors (Lipinski definition) is 2. The van der Waals surface area contributed by atoms with Crippen LogP contribution < -0.4 is 11.1 Å². The topological polar surface area (TPSA) is 80.9 Å². The molecular weight excluding hydrogens is 168 g/mol. The number of nitrogens with one attached hydrogen (secondary N) is 1. The first kappa shape index (κ1) is 7.74. The number of aromatic nitrogens is 2. The van der Waals surface area contributed by atoms with Crippen LogP contribution >= 0.6 is 11.6 Å². The monoisotopic (exact) mass is 172 g/mol. The van der Waals surface area contributed by atoms with Gasteiger partial charge in [0, 0.05) is 6.07 Å². The minimum absolute atomic E-state index is 0.253. The van der Waals surface area contributed by atoms with E-state index in [-0.39, 0.29) is 11.0 Å². The van der Waals surface area contributed by atoms with Crippen LogP contribution in [0.2, 0.25) is 5.15 Å². The molecule has 1 aromatic heterocycles. The number of rotatable bonds is 1. The lowest BCUT2D eigenvalue weighted by Gasteiger charge is -1.97. The maximum atomic E-state index is 10.3. The maximum Gasteiger partial charge on any atom is 0.317 e. The third-order valence-electron chi connectivity index (χ3n) is 0.885. The van der Waals surface area contributed by atoms with Gasteiger partial charge in [-0.15, -0.1) is 0 Å². The second-order valence-electron chi connectivity index (χ2n) is 1.72. The van der Waals surface area contributed by atoms with Gasteiger partial charge < -0.3 is 5.73 Å². The van der Waals surface area contributed by atoms with Gasteiger partial charge in [-0.05, 0) is 0 Å².